The molecule has 0 spiro atoms. The molecule has 0 saturated carbocycles. The van der Waals surface area contributed by atoms with Crippen molar-refractivity contribution in [2.45, 2.75) is 37.8 Å². The topological polar surface area (TPSA) is 121 Å². The number of methoxy groups -OCH3 is 1. The van der Waals surface area contributed by atoms with Gasteiger partial charge in [-0.05, 0) is 51.1 Å². The van der Waals surface area contributed by atoms with E-state index in [9.17, 15) is 13.2 Å². The van der Waals surface area contributed by atoms with Crippen molar-refractivity contribution in [2.24, 2.45) is 7.05 Å². The molecule has 0 aliphatic rings. The van der Waals surface area contributed by atoms with E-state index >= 15 is 0 Å². The van der Waals surface area contributed by atoms with Crippen LogP contribution >= 0.6 is 11.6 Å². The fourth-order valence-corrected chi connectivity index (χ4v) is 4.80. The summed E-state index contributed by atoms with van der Waals surface area (Å²) in [6.45, 7) is 5.61. The van der Waals surface area contributed by atoms with E-state index in [1.54, 1.807) is 57.1 Å². The second kappa shape index (κ2) is 11.7. The third kappa shape index (κ3) is 7.44. The highest BCUT2D eigenvalue weighted by molar-refractivity contribution is 7.89. The summed E-state index contributed by atoms with van der Waals surface area (Å²) >= 11 is 6.34. The summed E-state index contributed by atoms with van der Waals surface area (Å²) in [6.07, 6.45) is 1.41. The summed E-state index contributed by atoms with van der Waals surface area (Å²) in [6, 6.07) is 10.2. The predicted molar refractivity (Wildman–Crippen MR) is 137 cm³/mol. The third-order valence-corrected chi connectivity index (χ3v) is 6.62. The van der Waals surface area contributed by atoms with Crippen LogP contribution < -0.4 is 19.5 Å². The van der Waals surface area contributed by atoms with E-state index in [1.807, 2.05) is 6.92 Å². The fraction of sp³-hybridized carbons (Fsp3) is 0.333. The van der Waals surface area contributed by atoms with Crippen molar-refractivity contribution in [3.05, 3.63) is 59.2 Å². The first-order valence-corrected chi connectivity index (χ1v) is 12.9. The van der Waals surface area contributed by atoms with Gasteiger partial charge in [0.1, 0.15) is 23.4 Å². The average molecular weight is 537 g/mol. The molecule has 0 fully saturated rings. The Hall–Kier alpha value is -3.12. The first-order valence-electron chi connectivity index (χ1n) is 11.1. The van der Waals surface area contributed by atoms with E-state index in [-0.39, 0.29) is 39.1 Å². The summed E-state index contributed by atoms with van der Waals surface area (Å²) in [5.41, 5.74) is 0.259. The Morgan fingerprint density at radius 1 is 1.11 bits per heavy atom. The molecule has 2 N–H and O–H groups in total. The molecule has 3 rings (SSSR count). The van der Waals surface area contributed by atoms with Crippen molar-refractivity contribution in [3.8, 4) is 17.2 Å². The molecule has 1 atom stereocenters. The van der Waals surface area contributed by atoms with Crippen molar-refractivity contribution in [1.82, 2.24) is 14.5 Å². The van der Waals surface area contributed by atoms with Crippen LogP contribution in [-0.4, -0.2) is 50.0 Å². The van der Waals surface area contributed by atoms with Crippen LogP contribution in [0.4, 0.5) is 5.82 Å². The van der Waals surface area contributed by atoms with Crippen molar-refractivity contribution in [2.75, 3.05) is 19.0 Å². The Labute approximate surface area is 215 Å². The van der Waals surface area contributed by atoms with Crippen LogP contribution in [0.3, 0.4) is 0 Å². The van der Waals surface area contributed by atoms with Crippen molar-refractivity contribution in [1.29, 1.82) is 0 Å². The highest BCUT2D eigenvalue weighted by Crippen LogP contribution is 2.34. The number of hydrogen-bond donors (Lipinski definition) is 2. The molecule has 1 amide bonds. The third-order valence-electron chi connectivity index (χ3n) is 4.67. The number of halogens is 1. The second-order valence-corrected chi connectivity index (χ2v) is 10.5. The molecular weight excluding hydrogens is 508 g/mol. The lowest BCUT2D eigenvalue weighted by molar-refractivity contribution is 0.0915. The van der Waals surface area contributed by atoms with Gasteiger partial charge in [0.25, 0.3) is 5.91 Å². The van der Waals surface area contributed by atoms with Crippen molar-refractivity contribution >= 4 is 33.3 Å². The van der Waals surface area contributed by atoms with E-state index in [2.05, 4.69) is 15.1 Å². The minimum absolute atomic E-state index is 0.00875. The number of nitrogens with zero attached hydrogens (tertiary/aromatic N) is 2. The van der Waals surface area contributed by atoms with Crippen LogP contribution in [0.5, 0.6) is 17.2 Å². The molecule has 3 aromatic rings. The van der Waals surface area contributed by atoms with Crippen molar-refractivity contribution in [3.63, 3.8) is 0 Å². The molecule has 1 heterocycles. The standard InChI is InChI=1S/C24H29ClN4O6S/c1-15(2)28-36(31,32)20-6-7-22(21(25)13-20)35-19-11-17(10-18(12-19)34-16(3)14-33-5)24(30)26-23-8-9-29(4)27-23/h6-13,15-16,28H,14H2,1-5H3,(H,26,27,30)/t16-/m0/s1. The van der Waals surface area contributed by atoms with Gasteiger partial charge in [0.15, 0.2) is 5.82 Å². The Morgan fingerprint density at radius 3 is 2.44 bits per heavy atom. The molecule has 1 aromatic heterocycles. The molecule has 194 valence electrons. The van der Waals surface area contributed by atoms with E-state index in [4.69, 9.17) is 25.8 Å². The highest BCUT2D eigenvalue weighted by Gasteiger charge is 2.19. The molecule has 0 saturated heterocycles. The van der Waals surface area contributed by atoms with Gasteiger partial charge in [-0.1, -0.05) is 11.6 Å². The van der Waals surface area contributed by atoms with Crippen LogP contribution in [-0.2, 0) is 21.8 Å². The molecule has 0 aliphatic heterocycles. The first-order chi connectivity index (χ1) is 17.0. The molecule has 2 aromatic carbocycles. The Balaban J connectivity index is 1.90. The van der Waals surface area contributed by atoms with Crippen molar-refractivity contribution < 1.29 is 27.4 Å². The molecule has 0 radical (unpaired) electrons. The van der Waals surface area contributed by atoms with Crippen LogP contribution in [0, 0.1) is 0 Å². The van der Waals surface area contributed by atoms with E-state index in [1.165, 1.54) is 24.3 Å². The molecule has 0 unspecified atom stereocenters. The minimum Gasteiger partial charge on any atom is -0.488 e. The van der Waals surface area contributed by atoms with Gasteiger partial charge in [-0.3, -0.25) is 9.48 Å². The number of anilines is 1. The monoisotopic (exact) mass is 536 g/mol. The zero-order valence-electron chi connectivity index (χ0n) is 20.6. The number of ether oxygens (including phenoxy) is 3. The maximum Gasteiger partial charge on any atom is 0.257 e. The van der Waals surface area contributed by atoms with E-state index < -0.39 is 15.9 Å². The molecule has 36 heavy (non-hydrogen) atoms. The quantitative estimate of drug-likeness (QED) is 0.376. The minimum atomic E-state index is -3.73. The predicted octanol–water partition coefficient (Wildman–Crippen LogP) is 4.22. The fourth-order valence-electron chi connectivity index (χ4n) is 3.24. The Morgan fingerprint density at radius 2 is 1.83 bits per heavy atom. The number of hydrogen-bond acceptors (Lipinski definition) is 7. The normalized spacial score (nSPS) is 12.4. The maximum atomic E-state index is 12.9. The maximum absolute atomic E-state index is 12.9. The van der Waals surface area contributed by atoms with E-state index in [0.717, 1.165) is 0 Å². The SMILES string of the molecule is COC[C@H](C)Oc1cc(Oc2ccc(S(=O)(=O)NC(C)C)cc2Cl)cc(C(=O)Nc2ccn(C)n2)c1. The van der Waals surface area contributed by atoms with Gasteiger partial charge in [-0.2, -0.15) is 5.10 Å². The zero-order valence-corrected chi connectivity index (χ0v) is 22.2. The van der Waals surface area contributed by atoms with Gasteiger partial charge in [-0.15, -0.1) is 0 Å². The van der Waals surface area contributed by atoms with Crippen LogP contribution in [0.1, 0.15) is 31.1 Å². The van der Waals surface area contributed by atoms with E-state index in [0.29, 0.717) is 18.2 Å². The number of aryl methyl sites for hydroxylation is 1. The highest BCUT2D eigenvalue weighted by atomic mass is 35.5. The van der Waals surface area contributed by atoms with Crippen LogP contribution in [0.25, 0.3) is 0 Å². The van der Waals surface area contributed by atoms with Gasteiger partial charge in [0.2, 0.25) is 10.0 Å². The molecule has 0 bridgehead atoms. The lowest BCUT2D eigenvalue weighted by Gasteiger charge is -2.17. The number of aromatic nitrogens is 2. The van der Waals surface area contributed by atoms with Gasteiger partial charge < -0.3 is 19.5 Å². The summed E-state index contributed by atoms with van der Waals surface area (Å²) in [5.74, 6) is 0.814. The molecule has 10 nitrogen and oxygen atoms in total. The number of rotatable bonds is 11. The Kier molecular flexibility index (Phi) is 8.96. The number of nitrogens with one attached hydrogen (secondary N) is 2. The second-order valence-electron chi connectivity index (χ2n) is 8.38. The Bertz CT molecular complexity index is 1330. The number of carbonyl (C=O) groups excluding carboxylic acids is 1. The number of benzene rings is 2. The largest absolute Gasteiger partial charge is 0.488 e. The number of amides is 1. The van der Waals surface area contributed by atoms with Gasteiger partial charge in [0.05, 0.1) is 16.5 Å². The van der Waals surface area contributed by atoms with Gasteiger partial charge >= 0.3 is 0 Å². The van der Waals surface area contributed by atoms with Gasteiger partial charge in [0, 0.05) is 44.1 Å². The van der Waals surface area contributed by atoms with Crippen LogP contribution in [0.2, 0.25) is 5.02 Å². The summed E-state index contributed by atoms with van der Waals surface area (Å²) in [7, 11) is -0.420. The number of carbonyl (C=O) groups is 1. The average Bonchev–Trinajstić information content (AvgIpc) is 3.18. The zero-order chi connectivity index (χ0) is 26.5. The molecule has 0 aliphatic carbocycles. The number of sulfonamides is 1. The summed E-state index contributed by atoms with van der Waals surface area (Å²) in [4.78, 5) is 12.9. The first kappa shape index (κ1) is 27.5. The van der Waals surface area contributed by atoms with Crippen LogP contribution in [0.15, 0.2) is 53.6 Å². The summed E-state index contributed by atoms with van der Waals surface area (Å²) in [5, 5.41) is 6.96. The lowest BCUT2D eigenvalue weighted by atomic mass is 10.2. The summed E-state index contributed by atoms with van der Waals surface area (Å²) < 4.78 is 45.9. The molecule has 12 heteroatoms. The lowest BCUT2D eigenvalue weighted by Crippen LogP contribution is -2.30. The van der Waals surface area contributed by atoms with Gasteiger partial charge in [-0.25, -0.2) is 13.1 Å². The smallest absolute Gasteiger partial charge is 0.257 e. The molecular formula is C24H29ClN4O6S.